The number of anilines is 1. The smallest absolute Gasteiger partial charge is 0.408 e. The highest BCUT2D eigenvalue weighted by molar-refractivity contribution is 5.96. The second kappa shape index (κ2) is 11.5. The van der Waals surface area contributed by atoms with Gasteiger partial charge in [-0.25, -0.2) is 4.79 Å². The van der Waals surface area contributed by atoms with E-state index >= 15 is 0 Å². The highest BCUT2D eigenvalue weighted by Crippen LogP contribution is 2.10. The molecule has 9 nitrogen and oxygen atoms in total. The molecule has 4 N–H and O–H groups in total. The highest BCUT2D eigenvalue weighted by atomic mass is 16.6. The molecule has 170 valence electrons. The molecule has 2 aromatic rings. The van der Waals surface area contributed by atoms with E-state index in [0.717, 1.165) is 5.56 Å². The molecule has 0 saturated carbocycles. The number of carbonyl (C=O) groups is 4. The Morgan fingerprint density at radius 2 is 1.41 bits per heavy atom. The zero-order chi connectivity index (χ0) is 23.6. The minimum Gasteiger partial charge on any atom is -0.444 e. The summed E-state index contributed by atoms with van der Waals surface area (Å²) in [5.41, 5.74) is 1.21. The molecule has 0 aliphatic rings. The minimum atomic E-state index is -0.668. The van der Waals surface area contributed by atoms with Crippen LogP contribution in [0, 0.1) is 0 Å². The summed E-state index contributed by atoms with van der Waals surface area (Å²) in [5, 5.41) is 10.3. The fourth-order valence-electron chi connectivity index (χ4n) is 2.49. The summed E-state index contributed by atoms with van der Waals surface area (Å²) in [7, 11) is 0. The fraction of sp³-hybridized carbons (Fsp3) is 0.304. The summed E-state index contributed by atoms with van der Waals surface area (Å²) in [6.45, 7) is 5.12. The predicted octanol–water partition coefficient (Wildman–Crippen LogP) is 2.20. The lowest BCUT2D eigenvalue weighted by molar-refractivity contribution is -0.120. The first-order valence-electron chi connectivity index (χ1n) is 10.1. The van der Waals surface area contributed by atoms with Gasteiger partial charge >= 0.3 is 6.09 Å². The van der Waals surface area contributed by atoms with Crippen molar-refractivity contribution in [1.29, 1.82) is 0 Å². The predicted molar refractivity (Wildman–Crippen MR) is 120 cm³/mol. The second-order valence-corrected chi connectivity index (χ2v) is 7.93. The first-order chi connectivity index (χ1) is 15.1. The zero-order valence-electron chi connectivity index (χ0n) is 18.4. The molecule has 4 amide bonds. The van der Waals surface area contributed by atoms with Crippen molar-refractivity contribution in [2.75, 3.05) is 18.4 Å². The molecule has 0 radical (unpaired) electrons. The van der Waals surface area contributed by atoms with Gasteiger partial charge in [0, 0.05) is 17.8 Å². The minimum absolute atomic E-state index is 0.132. The molecule has 0 bridgehead atoms. The number of ether oxygens (including phenoxy) is 1. The second-order valence-electron chi connectivity index (χ2n) is 7.93. The number of carbonyl (C=O) groups excluding carboxylic acids is 4. The Labute approximate surface area is 186 Å². The normalized spacial score (nSPS) is 10.6. The van der Waals surface area contributed by atoms with Crippen molar-refractivity contribution >= 4 is 29.5 Å². The van der Waals surface area contributed by atoms with Crippen molar-refractivity contribution in [2.45, 2.75) is 32.9 Å². The van der Waals surface area contributed by atoms with Crippen LogP contribution in [0.5, 0.6) is 0 Å². The molecule has 2 rings (SSSR count). The first-order valence-corrected chi connectivity index (χ1v) is 10.1. The van der Waals surface area contributed by atoms with Crippen LogP contribution < -0.4 is 21.3 Å². The van der Waals surface area contributed by atoms with E-state index in [9.17, 15) is 19.2 Å². The van der Waals surface area contributed by atoms with Crippen LogP contribution in [0.2, 0.25) is 0 Å². The van der Waals surface area contributed by atoms with E-state index in [1.165, 1.54) is 0 Å². The SMILES string of the molecule is CC(C)(C)OC(=O)NCC(=O)Nc1ccc(CNC(=O)CNC(=O)c2ccccc2)cc1. The Kier molecular flexibility index (Phi) is 8.76. The molecular formula is C23H28N4O5. The number of hydrogen-bond donors (Lipinski definition) is 4. The summed E-state index contributed by atoms with van der Waals surface area (Å²) in [6.07, 6.45) is -0.668. The molecule has 0 unspecified atom stereocenters. The number of nitrogens with one attached hydrogen (secondary N) is 4. The van der Waals surface area contributed by atoms with E-state index in [1.807, 2.05) is 0 Å². The maximum Gasteiger partial charge on any atom is 0.408 e. The van der Waals surface area contributed by atoms with E-state index in [-0.39, 0.29) is 31.4 Å². The molecule has 0 spiro atoms. The number of amides is 4. The largest absolute Gasteiger partial charge is 0.444 e. The van der Waals surface area contributed by atoms with Crippen molar-refractivity contribution in [2.24, 2.45) is 0 Å². The lowest BCUT2D eigenvalue weighted by Crippen LogP contribution is -2.37. The van der Waals surface area contributed by atoms with Gasteiger partial charge in [-0.3, -0.25) is 14.4 Å². The van der Waals surface area contributed by atoms with Crippen LogP contribution >= 0.6 is 0 Å². The van der Waals surface area contributed by atoms with Crippen molar-refractivity contribution in [3.05, 3.63) is 65.7 Å². The number of alkyl carbamates (subject to hydrolysis) is 1. The molecule has 0 aromatic heterocycles. The third-order valence-electron chi connectivity index (χ3n) is 3.97. The van der Waals surface area contributed by atoms with E-state index < -0.39 is 17.6 Å². The Hall–Kier alpha value is -3.88. The molecular weight excluding hydrogens is 412 g/mol. The molecule has 9 heteroatoms. The Bertz CT molecular complexity index is 937. The molecule has 2 aromatic carbocycles. The molecule has 0 saturated heterocycles. The monoisotopic (exact) mass is 440 g/mol. The number of benzene rings is 2. The summed E-state index contributed by atoms with van der Waals surface area (Å²) in [5.74, 6) is -1.03. The molecule has 0 fully saturated rings. The van der Waals surface area contributed by atoms with Crippen LogP contribution in [0.15, 0.2) is 54.6 Å². The Balaban J connectivity index is 1.69. The quantitative estimate of drug-likeness (QED) is 0.501. The van der Waals surface area contributed by atoms with Gasteiger partial charge in [0.1, 0.15) is 12.1 Å². The molecule has 0 atom stereocenters. The lowest BCUT2D eigenvalue weighted by Gasteiger charge is -2.19. The van der Waals surface area contributed by atoms with Gasteiger partial charge in [0.15, 0.2) is 0 Å². The number of rotatable bonds is 8. The van der Waals surface area contributed by atoms with E-state index in [2.05, 4.69) is 21.3 Å². The standard InChI is InChI=1S/C23H28N4O5/c1-23(2,3)32-22(31)26-15-20(29)27-18-11-9-16(10-12-18)13-24-19(28)14-25-21(30)17-7-5-4-6-8-17/h4-12H,13-15H2,1-3H3,(H,24,28)(H,25,30)(H,26,31)(H,27,29). The molecule has 0 aliphatic heterocycles. The van der Waals surface area contributed by atoms with Crippen LogP contribution in [0.4, 0.5) is 10.5 Å². The van der Waals surface area contributed by atoms with E-state index in [0.29, 0.717) is 11.3 Å². The van der Waals surface area contributed by atoms with Crippen molar-refractivity contribution in [3.63, 3.8) is 0 Å². The lowest BCUT2D eigenvalue weighted by atomic mass is 10.2. The molecule has 32 heavy (non-hydrogen) atoms. The van der Waals surface area contributed by atoms with Gasteiger partial charge in [0.25, 0.3) is 5.91 Å². The molecule has 0 heterocycles. The van der Waals surface area contributed by atoms with Gasteiger partial charge in [-0.2, -0.15) is 0 Å². The van der Waals surface area contributed by atoms with E-state index in [1.54, 1.807) is 75.4 Å². The van der Waals surface area contributed by atoms with Crippen LogP contribution in [0.3, 0.4) is 0 Å². The zero-order valence-corrected chi connectivity index (χ0v) is 18.4. The average molecular weight is 441 g/mol. The first kappa shape index (κ1) is 24.4. The van der Waals surface area contributed by atoms with Crippen molar-refractivity contribution < 1.29 is 23.9 Å². The Morgan fingerprint density at radius 1 is 0.781 bits per heavy atom. The van der Waals surface area contributed by atoms with Crippen molar-refractivity contribution in [1.82, 2.24) is 16.0 Å². The summed E-state index contributed by atoms with van der Waals surface area (Å²) < 4.78 is 5.07. The summed E-state index contributed by atoms with van der Waals surface area (Å²) in [4.78, 5) is 47.4. The topological polar surface area (TPSA) is 126 Å². The van der Waals surface area contributed by atoms with Crippen LogP contribution in [-0.2, 0) is 20.9 Å². The molecule has 0 aliphatic carbocycles. The third-order valence-corrected chi connectivity index (χ3v) is 3.97. The van der Waals surface area contributed by atoms with Crippen molar-refractivity contribution in [3.8, 4) is 0 Å². The van der Waals surface area contributed by atoms with Gasteiger partial charge in [-0.1, -0.05) is 30.3 Å². The van der Waals surface area contributed by atoms with Crippen LogP contribution in [0.1, 0.15) is 36.7 Å². The van der Waals surface area contributed by atoms with E-state index in [4.69, 9.17) is 4.74 Å². The van der Waals surface area contributed by atoms with Gasteiger partial charge in [0.2, 0.25) is 11.8 Å². The van der Waals surface area contributed by atoms with Gasteiger partial charge < -0.3 is 26.0 Å². The highest BCUT2D eigenvalue weighted by Gasteiger charge is 2.16. The van der Waals surface area contributed by atoms with Crippen LogP contribution in [-0.4, -0.2) is 42.5 Å². The van der Waals surface area contributed by atoms with Gasteiger partial charge in [-0.15, -0.1) is 0 Å². The maximum absolute atomic E-state index is 12.0. The summed E-state index contributed by atoms with van der Waals surface area (Å²) >= 11 is 0. The third kappa shape index (κ3) is 9.29. The van der Waals surface area contributed by atoms with Gasteiger partial charge in [-0.05, 0) is 50.6 Å². The van der Waals surface area contributed by atoms with Crippen LogP contribution in [0.25, 0.3) is 0 Å². The maximum atomic E-state index is 12.0. The Morgan fingerprint density at radius 3 is 2.03 bits per heavy atom. The van der Waals surface area contributed by atoms with Gasteiger partial charge in [0.05, 0.1) is 6.54 Å². The average Bonchev–Trinajstić information content (AvgIpc) is 2.75. The fourth-order valence-corrected chi connectivity index (χ4v) is 2.49. The number of hydrogen-bond acceptors (Lipinski definition) is 5. The summed E-state index contributed by atoms with van der Waals surface area (Å²) in [6, 6.07) is 15.5.